The first-order chi connectivity index (χ1) is 9.02. The summed E-state index contributed by atoms with van der Waals surface area (Å²) in [5.41, 5.74) is 10.4. The van der Waals surface area contributed by atoms with Crippen molar-refractivity contribution in [3.05, 3.63) is 0 Å². The van der Waals surface area contributed by atoms with E-state index in [1.165, 1.54) is 6.29 Å². The summed E-state index contributed by atoms with van der Waals surface area (Å²) in [5, 5.41) is 8.54. The van der Waals surface area contributed by atoms with Gasteiger partial charge >= 0.3 is 5.97 Å². The molecule has 2 atom stereocenters. The Kier molecular flexibility index (Phi) is 9.81. The van der Waals surface area contributed by atoms with Crippen LogP contribution in [0.5, 0.6) is 0 Å². The van der Waals surface area contributed by atoms with Gasteiger partial charge in [-0.2, -0.15) is 0 Å². The molecule has 0 aliphatic rings. The Hall–Kier alpha value is -1.35. The number of carbonyl (C=O) groups excluding carboxylic acids is 2. The van der Waals surface area contributed by atoms with E-state index in [4.69, 9.17) is 26.0 Å². The van der Waals surface area contributed by atoms with Crippen molar-refractivity contribution in [2.24, 2.45) is 11.5 Å². The summed E-state index contributed by atoms with van der Waals surface area (Å²) in [4.78, 5) is 32.5. The topological polar surface area (TPSA) is 142 Å². The molecule has 19 heavy (non-hydrogen) atoms. The highest BCUT2D eigenvalue weighted by Crippen LogP contribution is 2.02. The van der Waals surface area contributed by atoms with Crippen molar-refractivity contribution in [3.63, 3.8) is 0 Å². The first-order valence-corrected chi connectivity index (χ1v) is 5.81. The Morgan fingerprint density at radius 1 is 1.26 bits per heavy atom. The summed E-state index contributed by atoms with van der Waals surface area (Å²) in [6.07, 6.45) is -0.0875. The second-order valence-corrected chi connectivity index (χ2v) is 3.72. The van der Waals surface area contributed by atoms with E-state index in [1.807, 2.05) is 0 Å². The lowest BCUT2D eigenvalue weighted by molar-refractivity contribution is -0.138. The minimum Gasteiger partial charge on any atom is -0.480 e. The van der Waals surface area contributed by atoms with Gasteiger partial charge in [0.1, 0.15) is 6.04 Å². The van der Waals surface area contributed by atoms with Crippen molar-refractivity contribution in [2.45, 2.75) is 25.0 Å². The van der Waals surface area contributed by atoms with Gasteiger partial charge < -0.3 is 26.0 Å². The fourth-order valence-corrected chi connectivity index (χ4v) is 1.16. The van der Waals surface area contributed by atoms with Gasteiger partial charge in [-0.05, 0) is 6.42 Å². The highest BCUT2D eigenvalue weighted by atomic mass is 16.5. The predicted molar refractivity (Wildman–Crippen MR) is 65.2 cm³/mol. The molecule has 0 aromatic heterocycles. The highest BCUT2D eigenvalue weighted by Gasteiger charge is 2.21. The molecule has 0 heterocycles. The summed E-state index contributed by atoms with van der Waals surface area (Å²) < 4.78 is 9.96. The van der Waals surface area contributed by atoms with Crippen LogP contribution in [0.3, 0.4) is 0 Å². The molecule has 0 saturated carbocycles. The van der Waals surface area contributed by atoms with E-state index >= 15 is 0 Å². The van der Waals surface area contributed by atoms with Gasteiger partial charge in [0.05, 0.1) is 19.8 Å². The summed E-state index contributed by atoms with van der Waals surface area (Å²) >= 11 is 0. The van der Waals surface area contributed by atoms with Crippen LogP contribution >= 0.6 is 0 Å². The Balaban J connectivity index is 3.91. The molecule has 8 heteroatoms. The van der Waals surface area contributed by atoms with Crippen LogP contribution in [0.25, 0.3) is 0 Å². The van der Waals surface area contributed by atoms with Crippen LogP contribution in [0.4, 0.5) is 0 Å². The molecule has 5 N–H and O–H groups in total. The van der Waals surface area contributed by atoms with Gasteiger partial charge in [-0.15, -0.1) is 0 Å². The number of carboxylic acid groups (broad SMARTS) is 1. The average Bonchev–Trinajstić information content (AvgIpc) is 2.39. The van der Waals surface area contributed by atoms with E-state index in [2.05, 4.69) is 0 Å². The molecule has 8 nitrogen and oxygen atoms in total. The van der Waals surface area contributed by atoms with Gasteiger partial charge in [0.15, 0.2) is 11.9 Å². The molecule has 0 aromatic rings. The Morgan fingerprint density at radius 2 is 1.95 bits per heavy atom. The van der Waals surface area contributed by atoms with Crippen LogP contribution in [0.1, 0.15) is 12.8 Å². The molecular weight excluding hydrogens is 256 g/mol. The van der Waals surface area contributed by atoms with Gasteiger partial charge in [-0.3, -0.25) is 14.4 Å². The lowest BCUT2D eigenvalue weighted by Crippen LogP contribution is -2.33. The zero-order chi connectivity index (χ0) is 14.7. The van der Waals surface area contributed by atoms with Gasteiger partial charge in [-0.25, -0.2) is 0 Å². The monoisotopic (exact) mass is 275 g/mol. The van der Waals surface area contributed by atoms with Crippen LogP contribution < -0.4 is 11.5 Å². The van der Waals surface area contributed by atoms with Gasteiger partial charge in [-0.1, -0.05) is 0 Å². The normalized spacial score (nSPS) is 13.8. The quantitative estimate of drug-likeness (QED) is 0.280. The van der Waals surface area contributed by atoms with Crippen LogP contribution in [-0.2, 0) is 23.9 Å². The number of ketones is 1. The number of Topliss-reactive ketones (excluding diaryl/α,β-unsaturated/α-hetero) is 1. The Labute approximate surface area is 111 Å². The van der Waals surface area contributed by atoms with Crippen molar-refractivity contribution in [1.82, 2.24) is 0 Å². The molecular formula is C11H19N2O6. The number of carboxylic acids is 1. The molecule has 0 aliphatic carbocycles. The molecule has 1 radical (unpaired) electrons. The van der Waals surface area contributed by atoms with Crippen molar-refractivity contribution in [1.29, 1.82) is 0 Å². The fraction of sp³-hybridized carbons (Fsp3) is 0.727. The highest BCUT2D eigenvalue weighted by molar-refractivity contribution is 5.96. The first kappa shape index (κ1) is 17.6. The van der Waals surface area contributed by atoms with Crippen molar-refractivity contribution in [3.8, 4) is 0 Å². The predicted octanol–water partition coefficient (Wildman–Crippen LogP) is -1.78. The molecule has 0 saturated heterocycles. The fourth-order valence-electron chi connectivity index (χ4n) is 1.16. The van der Waals surface area contributed by atoms with Crippen LogP contribution in [0.2, 0.25) is 0 Å². The Bertz CT molecular complexity index is 297. The maximum Gasteiger partial charge on any atom is 0.320 e. The minimum atomic E-state index is -1.33. The SMILES string of the molecule is NCCOCCOC([C]=O)C(=O)CC[C@H](N)C(=O)O. The number of ether oxygens (including phenoxy) is 2. The summed E-state index contributed by atoms with van der Waals surface area (Å²) in [6.45, 7) is 0.989. The standard InChI is InChI=1S/C11H19N2O6/c12-3-4-18-5-6-19-10(7-14)9(15)2-1-8(13)11(16)17/h8,10H,1-6,12-13H2,(H,16,17)/t8-,10?/m0/s1. The lowest BCUT2D eigenvalue weighted by atomic mass is 10.1. The largest absolute Gasteiger partial charge is 0.480 e. The van der Waals surface area contributed by atoms with Crippen LogP contribution in [0, 0.1) is 0 Å². The van der Waals surface area contributed by atoms with Crippen LogP contribution in [-0.4, -0.2) is 61.7 Å². The molecule has 109 valence electrons. The van der Waals surface area contributed by atoms with Crippen molar-refractivity contribution >= 4 is 18.0 Å². The zero-order valence-electron chi connectivity index (χ0n) is 10.5. The molecule has 0 amide bonds. The maximum absolute atomic E-state index is 11.5. The van der Waals surface area contributed by atoms with E-state index < -0.39 is 23.9 Å². The van der Waals surface area contributed by atoms with E-state index in [0.717, 1.165) is 0 Å². The second-order valence-electron chi connectivity index (χ2n) is 3.72. The minimum absolute atomic E-state index is 0.0522. The number of carbonyl (C=O) groups is 2. The van der Waals surface area contributed by atoms with Crippen molar-refractivity contribution < 1.29 is 29.0 Å². The number of hydrogen-bond acceptors (Lipinski definition) is 7. The zero-order valence-corrected chi connectivity index (χ0v) is 10.5. The second kappa shape index (κ2) is 10.6. The van der Waals surface area contributed by atoms with Crippen LogP contribution in [0.15, 0.2) is 0 Å². The third-order valence-electron chi connectivity index (χ3n) is 2.19. The molecule has 0 bridgehead atoms. The van der Waals surface area contributed by atoms with Gasteiger partial charge in [0, 0.05) is 13.0 Å². The summed E-state index contributed by atoms with van der Waals surface area (Å²) in [5.74, 6) is -1.75. The van der Waals surface area contributed by atoms with Gasteiger partial charge in [0.2, 0.25) is 6.29 Å². The summed E-state index contributed by atoms with van der Waals surface area (Å²) in [7, 11) is 0. The van der Waals surface area contributed by atoms with E-state index in [1.54, 1.807) is 0 Å². The smallest absolute Gasteiger partial charge is 0.320 e. The Morgan fingerprint density at radius 3 is 2.47 bits per heavy atom. The number of hydrogen-bond donors (Lipinski definition) is 3. The van der Waals surface area contributed by atoms with Crippen molar-refractivity contribution in [2.75, 3.05) is 26.4 Å². The number of nitrogens with two attached hydrogens (primary N) is 2. The number of rotatable bonds is 12. The maximum atomic E-state index is 11.5. The third-order valence-corrected chi connectivity index (χ3v) is 2.19. The molecule has 0 aromatic carbocycles. The molecule has 1 unspecified atom stereocenters. The lowest BCUT2D eigenvalue weighted by Gasteiger charge is -2.11. The van der Waals surface area contributed by atoms with E-state index in [-0.39, 0.29) is 26.1 Å². The molecule has 0 aliphatic heterocycles. The van der Waals surface area contributed by atoms with Gasteiger partial charge in [0.25, 0.3) is 0 Å². The van der Waals surface area contributed by atoms with E-state index in [0.29, 0.717) is 13.2 Å². The average molecular weight is 275 g/mol. The van der Waals surface area contributed by atoms with E-state index in [9.17, 15) is 14.4 Å². The molecule has 0 rings (SSSR count). The molecule has 0 spiro atoms. The number of aliphatic carboxylic acids is 1. The summed E-state index contributed by atoms with van der Waals surface area (Å²) in [6, 6.07) is -1.14. The molecule has 0 fully saturated rings. The third kappa shape index (κ3) is 8.38. The first-order valence-electron chi connectivity index (χ1n) is 5.81.